The fourth-order valence-electron chi connectivity index (χ4n) is 3.26. The predicted octanol–water partition coefficient (Wildman–Crippen LogP) is 2.52. The number of amides is 3. The molecule has 0 saturated carbocycles. The van der Waals surface area contributed by atoms with Gasteiger partial charge in [0.2, 0.25) is 11.8 Å². The summed E-state index contributed by atoms with van der Waals surface area (Å²) in [5.74, 6) is -0.704. The Bertz CT molecular complexity index is 994. The molecule has 32 heavy (non-hydrogen) atoms. The van der Waals surface area contributed by atoms with Crippen molar-refractivity contribution in [3.05, 3.63) is 53.1 Å². The molecule has 2 aromatic carbocycles. The van der Waals surface area contributed by atoms with E-state index in [4.69, 9.17) is 16.3 Å². The van der Waals surface area contributed by atoms with E-state index in [1.165, 1.54) is 0 Å². The Balaban J connectivity index is 1.51. The summed E-state index contributed by atoms with van der Waals surface area (Å²) in [5.41, 5.74) is 2.15. The fourth-order valence-corrected chi connectivity index (χ4v) is 3.44. The lowest BCUT2D eigenvalue weighted by molar-refractivity contribution is -0.126. The van der Waals surface area contributed by atoms with Crippen molar-refractivity contribution in [1.82, 2.24) is 5.32 Å². The Morgan fingerprint density at radius 3 is 2.62 bits per heavy atom. The maximum Gasteiger partial charge on any atom is 0.262 e. The molecule has 3 N–H and O–H groups in total. The number of rotatable bonds is 8. The maximum atomic E-state index is 12.3. The average Bonchev–Trinajstić information content (AvgIpc) is 3.15. The van der Waals surface area contributed by atoms with Gasteiger partial charge >= 0.3 is 0 Å². The van der Waals surface area contributed by atoms with Crippen molar-refractivity contribution < 1.29 is 24.2 Å². The molecule has 0 aliphatic carbocycles. The number of carbonyl (C=O) groups excluding carboxylic acids is 3. The third-order valence-electron chi connectivity index (χ3n) is 5.04. The van der Waals surface area contributed by atoms with Crippen molar-refractivity contribution in [2.75, 3.05) is 29.9 Å². The van der Waals surface area contributed by atoms with E-state index in [-0.39, 0.29) is 43.8 Å². The molecule has 3 amide bonds. The molecule has 0 spiro atoms. The lowest BCUT2D eigenvalue weighted by atomic mass is 10.1. The van der Waals surface area contributed by atoms with Gasteiger partial charge in [0.15, 0.2) is 6.61 Å². The van der Waals surface area contributed by atoms with Gasteiger partial charge in [0.05, 0.1) is 12.0 Å². The van der Waals surface area contributed by atoms with Crippen LogP contribution in [0.4, 0.5) is 11.4 Å². The molecule has 2 atom stereocenters. The molecule has 0 aromatic heterocycles. The van der Waals surface area contributed by atoms with E-state index in [1.54, 1.807) is 48.2 Å². The summed E-state index contributed by atoms with van der Waals surface area (Å²) in [5, 5.41) is 15.2. The molecule has 1 saturated heterocycles. The molecule has 8 nitrogen and oxygen atoms in total. The summed E-state index contributed by atoms with van der Waals surface area (Å²) in [6.07, 6.45) is -0.524. The van der Waals surface area contributed by atoms with Gasteiger partial charge < -0.3 is 25.4 Å². The van der Waals surface area contributed by atoms with Crippen molar-refractivity contribution in [1.29, 1.82) is 0 Å². The average molecular weight is 460 g/mol. The van der Waals surface area contributed by atoms with Crippen molar-refractivity contribution >= 4 is 40.7 Å². The minimum atomic E-state index is -0.642. The van der Waals surface area contributed by atoms with Crippen LogP contribution < -0.4 is 20.3 Å². The third-order valence-corrected chi connectivity index (χ3v) is 5.45. The number of benzene rings is 2. The first-order chi connectivity index (χ1) is 15.2. The topological polar surface area (TPSA) is 108 Å². The summed E-state index contributed by atoms with van der Waals surface area (Å²) in [6, 6.07) is 12.0. The summed E-state index contributed by atoms with van der Waals surface area (Å²) < 4.78 is 5.52. The van der Waals surface area contributed by atoms with Crippen LogP contribution in [-0.2, 0) is 14.4 Å². The largest absolute Gasteiger partial charge is 0.484 e. The van der Waals surface area contributed by atoms with Crippen molar-refractivity contribution in [3.8, 4) is 5.75 Å². The first kappa shape index (κ1) is 23.6. The molecule has 9 heteroatoms. The van der Waals surface area contributed by atoms with E-state index in [2.05, 4.69) is 10.6 Å². The number of aryl methyl sites for hydroxylation is 1. The molecule has 1 aliphatic rings. The van der Waals surface area contributed by atoms with Gasteiger partial charge in [0.25, 0.3) is 5.91 Å². The van der Waals surface area contributed by atoms with E-state index in [1.807, 2.05) is 13.0 Å². The molecule has 2 aromatic rings. The molecule has 1 fully saturated rings. The Kier molecular flexibility index (Phi) is 7.71. The van der Waals surface area contributed by atoms with Gasteiger partial charge in [-0.3, -0.25) is 14.4 Å². The number of aliphatic hydroxyl groups excluding tert-OH is 1. The van der Waals surface area contributed by atoms with Gasteiger partial charge in [-0.1, -0.05) is 17.7 Å². The van der Waals surface area contributed by atoms with Gasteiger partial charge in [-0.2, -0.15) is 0 Å². The predicted molar refractivity (Wildman–Crippen MR) is 122 cm³/mol. The molecule has 0 radical (unpaired) electrons. The van der Waals surface area contributed by atoms with Crippen LogP contribution in [0.25, 0.3) is 0 Å². The monoisotopic (exact) mass is 459 g/mol. The van der Waals surface area contributed by atoms with Gasteiger partial charge in [-0.15, -0.1) is 0 Å². The van der Waals surface area contributed by atoms with Crippen LogP contribution in [-0.4, -0.2) is 48.6 Å². The number of ether oxygens (including phenoxy) is 1. The number of carbonyl (C=O) groups is 3. The first-order valence-electron chi connectivity index (χ1n) is 10.3. The number of nitrogens with zero attached hydrogens (tertiary/aromatic N) is 1. The molecule has 3 rings (SSSR count). The number of halogens is 1. The fraction of sp³-hybridized carbons (Fsp3) is 0.348. The zero-order valence-electron chi connectivity index (χ0n) is 17.9. The van der Waals surface area contributed by atoms with Crippen LogP contribution >= 0.6 is 11.6 Å². The van der Waals surface area contributed by atoms with Crippen LogP contribution in [0.15, 0.2) is 42.5 Å². The molecular formula is C23H26ClN3O5. The zero-order chi connectivity index (χ0) is 23.3. The summed E-state index contributed by atoms with van der Waals surface area (Å²) >= 11 is 6.06. The number of nitrogens with one attached hydrogen (secondary N) is 2. The highest BCUT2D eigenvalue weighted by molar-refractivity contribution is 6.31. The van der Waals surface area contributed by atoms with E-state index in [9.17, 15) is 19.5 Å². The minimum Gasteiger partial charge on any atom is -0.484 e. The number of aliphatic hydroxyl groups is 1. The Morgan fingerprint density at radius 1 is 1.25 bits per heavy atom. The third kappa shape index (κ3) is 6.21. The van der Waals surface area contributed by atoms with Gasteiger partial charge in [0, 0.05) is 35.9 Å². The quantitative estimate of drug-likeness (QED) is 0.562. The van der Waals surface area contributed by atoms with Gasteiger partial charge in [0.1, 0.15) is 5.75 Å². The van der Waals surface area contributed by atoms with Crippen molar-refractivity contribution in [3.63, 3.8) is 0 Å². The molecular weight excluding hydrogens is 434 g/mol. The van der Waals surface area contributed by atoms with Crippen LogP contribution in [0.3, 0.4) is 0 Å². The van der Waals surface area contributed by atoms with Crippen molar-refractivity contribution in [2.24, 2.45) is 5.92 Å². The second-order valence-electron chi connectivity index (χ2n) is 7.79. The SMILES string of the molecule is Cc1ccc(NC(=O)COc2ccc(N3C[C@@H](C(=O)NC[C@H](C)O)CC3=O)cc2)cc1Cl. The van der Waals surface area contributed by atoms with Crippen LogP contribution in [0, 0.1) is 12.8 Å². The van der Waals surface area contributed by atoms with Crippen molar-refractivity contribution in [2.45, 2.75) is 26.4 Å². The summed E-state index contributed by atoms with van der Waals surface area (Å²) in [4.78, 5) is 38.2. The Labute approximate surface area is 191 Å². The Morgan fingerprint density at radius 2 is 1.97 bits per heavy atom. The van der Waals surface area contributed by atoms with E-state index >= 15 is 0 Å². The van der Waals surface area contributed by atoms with E-state index in [0.717, 1.165) is 5.56 Å². The smallest absolute Gasteiger partial charge is 0.262 e. The van der Waals surface area contributed by atoms with Crippen LogP contribution in [0.1, 0.15) is 18.9 Å². The highest BCUT2D eigenvalue weighted by atomic mass is 35.5. The lowest BCUT2D eigenvalue weighted by Crippen LogP contribution is -2.36. The minimum absolute atomic E-state index is 0.118. The molecule has 1 aliphatic heterocycles. The van der Waals surface area contributed by atoms with Gasteiger partial charge in [-0.05, 0) is 55.8 Å². The maximum absolute atomic E-state index is 12.3. The normalized spacial score (nSPS) is 16.6. The molecule has 0 unspecified atom stereocenters. The number of anilines is 2. The van der Waals surface area contributed by atoms with Crippen LogP contribution in [0.2, 0.25) is 5.02 Å². The summed E-state index contributed by atoms with van der Waals surface area (Å²) in [6.45, 7) is 3.70. The Hall–Kier alpha value is -3.10. The number of hydrogen-bond donors (Lipinski definition) is 3. The lowest BCUT2D eigenvalue weighted by Gasteiger charge is -2.17. The zero-order valence-corrected chi connectivity index (χ0v) is 18.7. The molecule has 0 bridgehead atoms. The van der Waals surface area contributed by atoms with E-state index < -0.39 is 12.0 Å². The second kappa shape index (κ2) is 10.5. The van der Waals surface area contributed by atoms with Crippen LogP contribution in [0.5, 0.6) is 5.75 Å². The molecule has 1 heterocycles. The highest BCUT2D eigenvalue weighted by Gasteiger charge is 2.35. The standard InChI is InChI=1S/C23H26ClN3O5/c1-14-3-4-17(10-20(14)24)26-21(29)13-32-19-7-5-18(6-8-19)27-12-16(9-22(27)30)23(31)25-11-15(2)28/h3-8,10,15-16,28H,9,11-13H2,1-2H3,(H,25,31)(H,26,29)/t15-,16-/m0/s1. The second-order valence-corrected chi connectivity index (χ2v) is 8.20. The first-order valence-corrected chi connectivity index (χ1v) is 10.7. The van der Waals surface area contributed by atoms with Gasteiger partial charge in [-0.25, -0.2) is 0 Å². The molecule has 170 valence electrons. The summed E-state index contributed by atoms with van der Waals surface area (Å²) in [7, 11) is 0. The van der Waals surface area contributed by atoms with E-state index in [0.29, 0.717) is 22.1 Å². The number of hydrogen-bond acceptors (Lipinski definition) is 5. The highest BCUT2D eigenvalue weighted by Crippen LogP contribution is 2.27.